The SMILES string of the molecule is NP1(N)=NP(Cl)N(Cl)P(Cl)N(Cl)P(Cl)N1Cl. The van der Waals surface area contributed by atoms with E-state index in [1.807, 2.05) is 0 Å². The van der Waals surface area contributed by atoms with Crippen molar-refractivity contribution in [2.75, 3.05) is 0 Å². The van der Waals surface area contributed by atoms with Crippen LogP contribution in [0.2, 0.25) is 0 Å². The minimum Gasteiger partial charge on any atom is -0.272 e. The average molecular weight is 425 g/mol. The van der Waals surface area contributed by atoms with Gasteiger partial charge in [-0.15, -0.1) is 11.9 Å². The van der Waals surface area contributed by atoms with Gasteiger partial charge in [0.1, 0.15) is 0 Å². The second-order valence-electron chi connectivity index (χ2n) is 2.23. The van der Waals surface area contributed by atoms with Gasteiger partial charge >= 0.3 is 0 Å². The molecule has 0 spiro atoms. The Labute approximate surface area is 126 Å². The van der Waals surface area contributed by atoms with Crippen LogP contribution in [-0.2, 0) is 0 Å². The summed E-state index contributed by atoms with van der Waals surface area (Å²) in [5, 5.41) is 0. The fourth-order valence-electron chi connectivity index (χ4n) is 0.546. The summed E-state index contributed by atoms with van der Waals surface area (Å²) < 4.78 is 7.00. The summed E-state index contributed by atoms with van der Waals surface area (Å²) in [6.07, 6.45) is 0. The minimum absolute atomic E-state index is 0.968. The highest BCUT2D eigenvalue weighted by Gasteiger charge is 2.41. The van der Waals surface area contributed by atoms with Crippen LogP contribution in [0, 0.1) is 0 Å². The topological polar surface area (TPSA) is 74.1 Å². The van der Waals surface area contributed by atoms with Crippen LogP contribution in [0.15, 0.2) is 4.52 Å². The zero-order valence-corrected chi connectivity index (χ0v) is 15.1. The molecule has 0 aromatic carbocycles. The first-order valence-corrected chi connectivity index (χ1v) is 12.4. The lowest BCUT2D eigenvalue weighted by atomic mass is 13.7. The molecule has 1 aliphatic rings. The molecule has 3 unspecified atom stereocenters. The second-order valence-corrected chi connectivity index (χ2v) is 14.3. The highest BCUT2D eigenvalue weighted by molar-refractivity contribution is 8.03. The smallest absolute Gasteiger partial charge is 0.211 e. The Morgan fingerprint density at radius 3 is 1.94 bits per heavy atom. The summed E-state index contributed by atoms with van der Waals surface area (Å²) in [5.41, 5.74) is 11.4. The third kappa shape index (κ3) is 3.79. The van der Waals surface area contributed by atoms with Crippen LogP contribution in [-0.4, -0.2) is 11.9 Å². The lowest BCUT2D eigenvalue weighted by Gasteiger charge is -2.36. The first-order valence-electron chi connectivity index (χ1n) is 3.13. The highest BCUT2D eigenvalue weighted by atomic mass is 35.7. The van der Waals surface area contributed by atoms with Gasteiger partial charge in [-0.25, -0.2) is 4.52 Å². The predicted molar refractivity (Wildman–Crippen MR) is 79.1 cm³/mol. The van der Waals surface area contributed by atoms with Crippen molar-refractivity contribution in [2.45, 2.75) is 0 Å². The van der Waals surface area contributed by atoms with Gasteiger partial charge < -0.3 is 0 Å². The Balaban J connectivity index is 3.17. The highest BCUT2D eigenvalue weighted by Crippen LogP contribution is 2.80. The average Bonchev–Trinajstić information content (AvgIpc) is 2.22. The fraction of sp³-hybridized carbons (Fsp3) is 0. The quantitative estimate of drug-likeness (QED) is 0.389. The first kappa shape index (κ1) is 17.1. The molecule has 0 aromatic rings. The summed E-state index contributed by atoms with van der Waals surface area (Å²) in [6.45, 7) is 0. The van der Waals surface area contributed by atoms with Crippen molar-refractivity contribution in [3.05, 3.63) is 0 Å². The molecule has 96 valence electrons. The van der Waals surface area contributed by atoms with Gasteiger partial charge in [-0.2, -0.15) is 0 Å². The molecule has 1 aliphatic heterocycles. The number of nitrogens with two attached hydrogens (primary N) is 2. The molecular formula is H4Cl6N6P4. The minimum atomic E-state index is -3.00. The monoisotopic (exact) mass is 422 g/mol. The van der Waals surface area contributed by atoms with Gasteiger partial charge in [-0.3, -0.25) is 11.0 Å². The van der Waals surface area contributed by atoms with Crippen LogP contribution < -0.4 is 11.0 Å². The van der Waals surface area contributed by atoms with Crippen LogP contribution in [0.3, 0.4) is 0 Å². The summed E-state index contributed by atoms with van der Waals surface area (Å²) >= 11 is 35.4. The van der Waals surface area contributed by atoms with Crippen molar-refractivity contribution in [1.29, 1.82) is 0 Å². The van der Waals surface area contributed by atoms with Crippen molar-refractivity contribution in [1.82, 2.24) is 11.9 Å². The van der Waals surface area contributed by atoms with Gasteiger partial charge in [0.25, 0.3) is 0 Å². The Bertz CT molecular complexity index is 305. The van der Waals surface area contributed by atoms with Gasteiger partial charge in [0.05, 0.1) is 0 Å². The molecule has 0 bridgehead atoms. The fourth-order valence-corrected chi connectivity index (χ4v) is 13.2. The van der Waals surface area contributed by atoms with Gasteiger partial charge in [0.15, 0.2) is 22.7 Å². The van der Waals surface area contributed by atoms with Crippen LogP contribution in [0.25, 0.3) is 0 Å². The molecule has 1 rings (SSSR count). The molecule has 0 saturated heterocycles. The zero-order valence-electron chi connectivity index (χ0n) is 7.00. The van der Waals surface area contributed by atoms with E-state index in [1.54, 1.807) is 0 Å². The molecular weight excluding hydrogens is 421 g/mol. The Morgan fingerprint density at radius 1 is 0.938 bits per heavy atom. The molecule has 0 fully saturated rings. The van der Waals surface area contributed by atoms with Crippen molar-refractivity contribution in [2.24, 2.45) is 15.5 Å². The Kier molecular flexibility index (Phi) is 7.14. The van der Waals surface area contributed by atoms with E-state index < -0.39 is 30.2 Å². The molecule has 0 radical (unpaired) electrons. The van der Waals surface area contributed by atoms with Gasteiger partial charge in [0.2, 0.25) is 7.58 Å². The summed E-state index contributed by atoms with van der Waals surface area (Å²) in [5.74, 6) is 0. The molecule has 1 heterocycles. The van der Waals surface area contributed by atoms with Crippen molar-refractivity contribution >= 4 is 99.3 Å². The third-order valence-electron chi connectivity index (χ3n) is 1.16. The number of rotatable bonds is 0. The lowest BCUT2D eigenvalue weighted by Crippen LogP contribution is -2.21. The maximum absolute atomic E-state index is 5.96. The van der Waals surface area contributed by atoms with Crippen LogP contribution >= 0.6 is 99.3 Å². The van der Waals surface area contributed by atoms with Gasteiger partial charge in [-0.1, -0.05) is 22.5 Å². The maximum atomic E-state index is 5.96. The third-order valence-corrected chi connectivity index (χ3v) is 16.7. The lowest BCUT2D eigenvalue weighted by molar-refractivity contribution is 0.995. The number of nitrogens with zero attached hydrogens (tertiary/aromatic N) is 4. The van der Waals surface area contributed by atoms with Gasteiger partial charge in [0, 0.05) is 0 Å². The van der Waals surface area contributed by atoms with E-state index in [4.69, 9.17) is 80.1 Å². The molecule has 0 aromatic heterocycles. The van der Waals surface area contributed by atoms with Gasteiger partial charge in [-0.05, 0) is 46.6 Å². The van der Waals surface area contributed by atoms with Crippen molar-refractivity contribution < 1.29 is 0 Å². The second kappa shape index (κ2) is 6.68. The normalized spacial score (nSPS) is 38.9. The molecule has 6 nitrogen and oxygen atoms in total. The predicted octanol–water partition coefficient (Wildman–Crippen LogP) is 5.63. The van der Waals surface area contributed by atoms with E-state index in [1.165, 1.54) is 0 Å². The Hall–Kier alpha value is 3.06. The van der Waals surface area contributed by atoms with E-state index in [0.29, 0.717) is 0 Å². The summed E-state index contributed by atoms with van der Waals surface area (Å²) in [7, 11) is -8.09. The largest absolute Gasteiger partial charge is 0.272 e. The van der Waals surface area contributed by atoms with Crippen molar-refractivity contribution in [3.8, 4) is 0 Å². The maximum Gasteiger partial charge on any atom is 0.211 e. The van der Waals surface area contributed by atoms with Crippen LogP contribution in [0.1, 0.15) is 0 Å². The van der Waals surface area contributed by atoms with E-state index in [0.717, 1.165) is 11.9 Å². The van der Waals surface area contributed by atoms with E-state index in [2.05, 4.69) is 4.52 Å². The standard InChI is InChI=1S/Cl6H4N6P4/c1-10-13(4)9-16(7,8)12(3)15(6)11(2)14(10)5/h7-8H2. The number of hydrogen-bond acceptors (Lipinski definition) is 6. The Morgan fingerprint density at radius 2 is 1.44 bits per heavy atom. The zero-order chi connectivity index (χ0) is 12.7. The molecule has 0 aliphatic carbocycles. The number of hydrogen-bond donors (Lipinski definition) is 2. The molecule has 4 N–H and O–H groups in total. The first-order chi connectivity index (χ1) is 7.18. The molecule has 16 heteroatoms. The summed E-state index contributed by atoms with van der Waals surface area (Å²) in [4.78, 5) is 0. The van der Waals surface area contributed by atoms with Crippen LogP contribution in [0.4, 0.5) is 0 Å². The number of halogens is 6. The summed E-state index contributed by atoms with van der Waals surface area (Å²) in [6, 6.07) is 0. The molecule has 3 atom stereocenters. The molecule has 0 amide bonds. The van der Waals surface area contributed by atoms with Crippen molar-refractivity contribution in [3.63, 3.8) is 0 Å². The van der Waals surface area contributed by atoms with E-state index >= 15 is 0 Å². The van der Waals surface area contributed by atoms with E-state index in [-0.39, 0.29) is 0 Å². The molecule has 16 heavy (non-hydrogen) atoms. The van der Waals surface area contributed by atoms with Crippen LogP contribution in [0.5, 0.6) is 0 Å². The molecule has 0 saturated carbocycles. The van der Waals surface area contributed by atoms with E-state index in [9.17, 15) is 0 Å².